The van der Waals surface area contributed by atoms with E-state index in [1.54, 1.807) is 23.4 Å². The quantitative estimate of drug-likeness (QED) is 0.621. The van der Waals surface area contributed by atoms with Crippen LogP contribution >= 0.6 is 11.6 Å². The van der Waals surface area contributed by atoms with Crippen molar-refractivity contribution in [3.05, 3.63) is 65.6 Å². The first kappa shape index (κ1) is 22.4. The molecule has 2 aliphatic heterocycles. The highest BCUT2D eigenvalue weighted by Gasteiger charge is 2.33. The third-order valence-corrected chi connectivity index (χ3v) is 6.82. The Hall–Kier alpha value is -3.39. The molecule has 5 rings (SSSR count). The Morgan fingerprint density at radius 1 is 1.00 bits per heavy atom. The van der Waals surface area contributed by atoms with Crippen molar-refractivity contribution in [3.8, 4) is 11.3 Å². The van der Waals surface area contributed by atoms with E-state index < -0.39 is 0 Å². The molecular formula is C25H27ClN6O2. The summed E-state index contributed by atoms with van der Waals surface area (Å²) >= 11 is 6.13. The van der Waals surface area contributed by atoms with Gasteiger partial charge in [0.05, 0.1) is 11.6 Å². The smallest absolute Gasteiger partial charge is 0.271 e. The number of aromatic amines is 1. The van der Waals surface area contributed by atoms with Gasteiger partial charge in [-0.3, -0.25) is 19.7 Å². The molecule has 4 heterocycles. The van der Waals surface area contributed by atoms with Crippen LogP contribution in [0, 0.1) is 5.92 Å². The summed E-state index contributed by atoms with van der Waals surface area (Å²) < 4.78 is 0. The number of hydrogen-bond acceptors (Lipinski definition) is 5. The SMILES string of the molecule is O=C(c1cc(-c2cccnc2)n[nH]1)N1CCCC(C(=O)N2CCN(c3cccc(Cl)c3)CC2)C1. The summed E-state index contributed by atoms with van der Waals surface area (Å²) in [6, 6.07) is 13.3. The molecule has 1 aromatic carbocycles. The second-order valence-electron chi connectivity index (χ2n) is 8.79. The van der Waals surface area contributed by atoms with Crippen molar-refractivity contribution < 1.29 is 9.59 Å². The summed E-state index contributed by atoms with van der Waals surface area (Å²) in [5.41, 5.74) is 3.04. The fourth-order valence-corrected chi connectivity index (χ4v) is 4.93. The molecule has 2 aromatic heterocycles. The van der Waals surface area contributed by atoms with E-state index in [1.165, 1.54) is 0 Å². The van der Waals surface area contributed by atoms with Gasteiger partial charge >= 0.3 is 0 Å². The molecule has 8 nitrogen and oxygen atoms in total. The molecular weight excluding hydrogens is 452 g/mol. The molecule has 176 valence electrons. The maximum atomic E-state index is 13.3. The number of nitrogens with zero attached hydrogens (tertiary/aromatic N) is 5. The Bertz CT molecular complexity index is 1160. The number of H-pyrrole nitrogens is 1. The van der Waals surface area contributed by atoms with E-state index in [0.29, 0.717) is 42.6 Å². The number of piperazine rings is 1. The number of carbonyl (C=O) groups is 2. The van der Waals surface area contributed by atoms with E-state index in [0.717, 1.165) is 37.2 Å². The number of likely N-dealkylation sites (tertiary alicyclic amines) is 1. The molecule has 0 aliphatic carbocycles. The number of aromatic nitrogens is 3. The highest BCUT2D eigenvalue weighted by atomic mass is 35.5. The number of benzene rings is 1. The van der Waals surface area contributed by atoms with Crippen LogP contribution in [0.3, 0.4) is 0 Å². The van der Waals surface area contributed by atoms with Crippen LogP contribution in [0.15, 0.2) is 54.9 Å². The molecule has 1 unspecified atom stereocenters. The number of rotatable bonds is 4. The minimum Gasteiger partial charge on any atom is -0.368 e. The lowest BCUT2D eigenvalue weighted by Gasteiger charge is -2.39. The zero-order valence-corrected chi connectivity index (χ0v) is 19.6. The van der Waals surface area contributed by atoms with Gasteiger partial charge in [0.25, 0.3) is 5.91 Å². The van der Waals surface area contributed by atoms with E-state index in [2.05, 4.69) is 20.1 Å². The van der Waals surface area contributed by atoms with E-state index in [9.17, 15) is 9.59 Å². The Balaban J connectivity index is 1.19. The first-order chi connectivity index (χ1) is 16.6. The molecule has 2 amide bonds. The van der Waals surface area contributed by atoms with E-state index in [4.69, 9.17) is 11.6 Å². The highest BCUT2D eigenvalue weighted by molar-refractivity contribution is 6.30. The predicted molar refractivity (Wildman–Crippen MR) is 131 cm³/mol. The van der Waals surface area contributed by atoms with Gasteiger partial charge in [0.1, 0.15) is 5.69 Å². The number of pyridine rings is 1. The van der Waals surface area contributed by atoms with Gasteiger partial charge in [-0.2, -0.15) is 5.10 Å². The highest BCUT2D eigenvalue weighted by Crippen LogP contribution is 2.24. The van der Waals surface area contributed by atoms with Crippen LogP contribution in [-0.2, 0) is 4.79 Å². The first-order valence-electron chi connectivity index (χ1n) is 11.6. The van der Waals surface area contributed by atoms with Crippen LogP contribution in [0.25, 0.3) is 11.3 Å². The molecule has 2 saturated heterocycles. The molecule has 0 radical (unpaired) electrons. The van der Waals surface area contributed by atoms with Gasteiger partial charge in [-0.25, -0.2) is 0 Å². The van der Waals surface area contributed by atoms with Crippen molar-refractivity contribution >= 4 is 29.1 Å². The van der Waals surface area contributed by atoms with Crippen molar-refractivity contribution in [3.63, 3.8) is 0 Å². The van der Waals surface area contributed by atoms with Gasteiger partial charge < -0.3 is 14.7 Å². The number of anilines is 1. The summed E-state index contributed by atoms with van der Waals surface area (Å²) in [7, 11) is 0. The Labute approximate surface area is 203 Å². The summed E-state index contributed by atoms with van der Waals surface area (Å²) in [5, 5.41) is 7.84. The lowest BCUT2D eigenvalue weighted by molar-refractivity contribution is -0.137. The zero-order valence-electron chi connectivity index (χ0n) is 18.9. The van der Waals surface area contributed by atoms with Gasteiger partial charge in [0.2, 0.25) is 5.91 Å². The Kier molecular flexibility index (Phi) is 6.49. The molecule has 1 atom stereocenters. The number of piperidine rings is 1. The molecule has 0 spiro atoms. The van der Waals surface area contributed by atoms with Crippen molar-refractivity contribution in [1.82, 2.24) is 25.0 Å². The maximum absolute atomic E-state index is 13.3. The summed E-state index contributed by atoms with van der Waals surface area (Å²) in [4.78, 5) is 36.5. The zero-order chi connectivity index (χ0) is 23.5. The Morgan fingerprint density at radius 2 is 1.85 bits per heavy atom. The fourth-order valence-electron chi connectivity index (χ4n) is 4.74. The van der Waals surface area contributed by atoms with Crippen molar-refractivity contribution in [2.75, 3.05) is 44.2 Å². The molecule has 0 bridgehead atoms. The third-order valence-electron chi connectivity index (χ3n) is 6.59. The molecule has 2 fully saturated rings. The monoisotopic (exact) mass is 478 g/mol. The maximum Gasteiger partial charge on any atom is 0.271 e. The number of hydrogen-bond donors (Lipinski definition) is 1. The van der Waals surface area contributed by atoms with Gasteiger partial charge in [-0.1, -0.05) is 17.7 Å². The minimum atomic E-state index is -0.170. The van der Waals surface area contributed by atoms with E-state index in [1.807, 2.05) is 41.3 Å². The van der Waals surface area contributed by atoms with Gasteiger partial charge in [0, 0.05) is 67.9 Å². The van der Waals surface area contributed by atoms with Crippen LogP contribution in [0.5, 0.6) is 0 Å². The van der Waals surface area contributed by atoms with Gasteiger partial charge in [-0.05, 0) is 49.2 Å². The lowest BCUT2D eigenvalue weighted by Crippen LogP contribution is -2.53. The number of amides is 2. The summed E-state index contributed by atoms with van der Waals surface area (Å²) in [6.07, 6.45) is 5.03. The molecule has 34 heavy (non-hydrogen) atoms. The number of nitrogens with one attached hydrogen (secondary N) is 1. The van der Waals surface area contributed by atoms with Gasteiger partial charge in [0.15, 0.2) is 0 Å². The summed E-state index contributed by atoms with van der Waals surface area (Å²) in [5.74, 6) is -0.147. The minimum absolute atomic E-state index is 0.120. The standard InChI is InChI=1S/C25H27ClN6O2/c26-20-6-1-7-21(14-20)30-10-12-31(13-11-30)24(33)19-5-3-9-32(17-19)25(34)23-15-22(28-29-23)18-4-2-8-27-16-18/h1-2,4,6-8,14-16,19H,3,5,9-13,17H2,(H,28,29). The van der Waals surface area contributed by atoms with Crippen molar-refractivity contribution in [2.24, 2.45) is 5.92 Å². The number of halogens is 1. The molecule has 1 N–H and O–H groups in total. The largest absolute Gasteiger partial charge is 0.368 e. The number of carbonyl (C=O) groups excluding carboxylic acids is 2. The molecule has 0 saturated carbocycles. The normalized spacial score (nSPS) is 18.7. The molecule has 2 aliphatic rings. The Morgan fingerprint density at radius 3 is 2.62 bits per heavy atom. The van der Waals surface area contributed by atoms with E-state index in [-0.39, 0.29) is 17.7 Å². The fraction of sp³-hybridized carbons (Fsp3) is 0.360. The van der Waals surface area contributed by atoms with E-state index >= 15 is 0 Å². The third kappa shape index (κ3) is 4.77. The van der Waals surface area contributed by atoms with Crippen LogP contribution in [0.4, 0.5) is 5.69 Å². The average molecular weight is 479 g/mol. The van der Waals surface area contributed by atoms with Crippen LogP contribution < -0.4 is 4.90 Å². The van der Waals surface area contributed by atoms with Crippen molar-refractivity contribution in [2.45, 2.75) is 12.8 Å². The van der Waals surface area contributed by atoms with Crippen LogP contribution in [-0.4, -0.2) is 76.1 Å². The molecule has 3 aromatic rings. The summed E-state index contributed by atoms with van der Waals surface area (Å²) in [6.45, 7) is 3.97. The second-order valence-corrected chi connectivity index (χ2v) is 9.23. The topological polar surface area (TPSA) is 85.4 Å². The van der Waals surface area contributed by atoms with Crippen LogP contribution in [0.1, 0.15) is 23.3 Å². The molecule has 9 heteroatoms. The second kappa shape index (κ2) is 9.85. The lowest BCUT2D eigenvalue weighted by atomic mass is 9.96. The first-order valence-corrected chi connectivity index (χ1v) is 12.0. The average Bonchev–Trinajstić information content (AvgIpc) is 3.39. The van der Waals surface area contributed by atoms with Crippen LogP contribution in [0.2, 0.25) is 5.02 Å². The van der Waals surface area contributed by atoms with Gasteiger partial charge in [-0.15, -0.1) is 0 Å². The van der Waals surface area contributed by atoms with Crippen molar-refractivity contribution in [1.29, 1.82) is 0 Å². The predicted octanol–water partition coefficient (Wildman–Crippen LogP) is 3.33.